The van der Waals surface area contributed by atoms with Gasteiger partial charge in [0.1, 0.15) is 17.3 Å². The zero-order valence-electron chi connectivity index (χ0n) is 20.2. The summed E-state index contributed by atoms with van der Waals surface area (Å²) in [6, 6.07) is 16.1. The third-order valence-corrected chi connectivity index (χ3v) is 5.72. The Morgan fingerprint density at radius 1 is 1.00 bits per heavy atom. The molecule has 1 N–H and O–H groups in total. The van der Waals surface area contributed by atoms with Crippen molar-refractivity contribution < 1.29 is 14.3 Å². The molecular formula is C27H37N3O3. The highest BCUT2D eigenvalue weighted by Gasteiger charge is 2.10. The van der Waals surface area contributed by atoms with Crippen molar-refractivity contribution >= 4 is 16.9 Å². The van der Waals surface area contributed by atoms with Crippen LogP contribution in [0, 0.1) is 5.92 Å². The lowest BCUT2D eigenvalue weighted by atomic mass is 10.1. The Labute approximate surface area is 197 Å². The smallest absolute Gasteiger partial charge is 0.222 e. The number of aryl methyl sites for hydroxylation is 2. The number of hydrogen-bond acceptors (Lipinski definition) is 4. The van der Waals surface area contributed by atoms with E-state index >= 15 is 0 Å². The summed E-state index contributed by atoms with van der Waals surface area (Å²) in [7, 11) is 1.66. The van der Waals surface area contributed by atoms with Gasteiger partial charge in [0, 0.05) is 31.5 Å². The highest BCUT2D eigenvalue weighted by molar-refractivity contribution is 5.77. The van der Waals surface area contributed by atoms with Crippen molar-refractivity contribution in [2.75, 3.05) is 20.3 Å². The highest BCUT2D eigenvalue weighted by Crippen LogP contribution is 2.20. The maximum atomic E-state index is 11.7. The molecule has 0 aliphatic heterocycles. The SMILES string of the molecule is COc1cccc(OCCCCn2c(CCCCCNC(=O)C(C)C)nc3ccccc32)c1. The maximum Gasteiger partial charge on any atom is 0.222 e. The normalized spacial score (nSPS) is 11.2. The predicted octanol–water partition coefficient (Wildman–Crippen LogP) is 5.39. The Kier molecular flexibility index (Phi) is 9.60. The van der Waals surface area contributed by atoms with Gasteiger partial charge in [-0.25, -0.2) is 4.98 Å². The van der Waals surface area contributed by atoms with Crippen molar-refractivity contribution in [3.63, 3.8) is 0 Å². The van der Waals surface area contributed by atoms with Crippen molar-refractivity contribution in [2.45, 2.75) is 58.9 Å². The van der Waals surface area contributed by atoms with Gasteiger partial charge in [-0.05, 0) is 49.9 Å². The summed E-state index contributed by atoms with van der Waals surface area (Å²) in [6.07, 6.45) is 6.10. The fourth-order valence-corrected chi connectivity index (χ4v) is 3.82. The van der Waals surface area contributed by atoms with Gasteiger partial charge < -0.3 is 19.4 Å². The van der Waals surface area contributed by atoms with E-state index in [1.54, 1.807) is 7.11 Å². The Morgan fingerprint density at radius 3 is 2.64 bits per heavy atom. The third kappa shape index (κ3) is 7.52. The molecule has 0 aliphatic rings. The van der Waals surface area contributed by atoms with Crippen LogP contribution >= 0.6 is 0 Å². The van der Waals surface area contributed by atoms with E-state index in [0.29, 0.717) is 6.61 Å². The van der Waals surface area contributed by atoms with Crippen molar-refractivity contribution in [2.24, 2.45) is 5.92 Å². The molecule has 178 valence electrons. The average Bonchev–Trinajstić information content (AvgIpc) is 3.18. The molecule has 3 aromatic rings. The third-order valence-electron chi connectivity index (χ3n) is 5.72. The maximum absolute atomic E-state index is 11.7. The van der Waals surface area contributed by atoms with Crippen LogP contribution in [-0.4, -0.2) is 35.7 Å². The number of nitrogens with one attached hydrogen (secondary N) is 1. The number of amides is 1. The zero-order chi connectivity index (χ0) is 23.5. The summed E-state index contributed by atoms with van der Waals surface area (Å²) >= 11 is 0. The second kappa shape index (κ2) is 12.9. The number of fused-ring (bicyclic) bond motifs is 1. The highest BCUT2D eigenvalue weighted by atomic mass is 16.5. The molecule has 1 heterocycles. The molecule has 0 saturated carbocycles. The number of carbonyl (C=O) groups excluding carboxylic acids is 1. The number of benzene rings is 2. The summed E-state index contributed by atoms with van der Waals surface area (Å²) < 4.78 is 13.5. The van der Waals surface area contributed by atoms with Gasteiger partial charge >= 0.3 is 0 Å². The first-order valence-electron chi connectivity index (χ1n) is 12.1. The molecule has 6 nitrogen and oxygen atoms in total. The van der Waals surface area contributed by atoms with Gasteiger partial charge in [-0.3, -0.25) is 4.79 Å². The number of ether oxygens (including phenoxy) is 2. The van der Waals surface area contributed by atoms with Crippen LogP contribution in [-0.2, 0) is 17.8 Å². The van der Waals surface area contributed by atoms with Crippen LogP contribution < -0.4 is 14.8 Å². The van der Waals surface area contributed by atoms with Crippen molar-refractivity contribution in [3.05, 3.63) is 54.4 Å². The zero-order valence-corrected chi connectivity index (χ0v) is 20.2. The molecule has 2 aromatic carbocycles. The van der Waals surface area contributed by atoms with Gasteiger partial charge in [0.15, 0.2) is 0 Å². The van der Waals surface area contributed by atoms with E-state index in [0.717, 1.165) is 74.5 Å². The molecule has 6 heteroatoms. The van der Waals surface area contributed by atoms with Crippen LogP contribution in [0.1, 0.15) is 51.8 Å². The fourth-order valence-electron chi connectivity index (χ4n) is 3.82. The number of methoxy groups -OCH3 is 1. The molecule has 33 heavy (non-hydrogen) atoms. The molecule has 0 radical (unpaired) electrons. The molecule has 0 spiro atoms. The molecule has 1 amide bonds. The first-order valence-corrected chi connectivity index (χ1v) is 12.1. The Morgan fingerprint density at radius 2 is 1.82 bits per heavy atom. The molecular weight excluding hydrogens is 414 g/mol. The topological polar surface area (TPSA) is 65.4 Å². The summed E-state index contributed by atoms with van der Waals surface area (Å²) in [5, 5.41) is 2.99. The van der Waals surface area contributed by atoms with Crippen LogP contribution in [0.15, 0.2) is 48.5 Å². The summed E-state index contributed by atoms with van der Waals surface area (Å²) in [6.45, 7) is 6.20. The Bertz CT molecular complexity index is 1010. The first kappa shape index (κ1) is 24.6. The van der Waals surface area contributed by atoms with Crippen molar-refractivity contribution in [1.29, 1.82) is 0 Å². The molecule has 0 bridgehead atoms. The first-order chi connectivity index (χ1) is 16.1. The second-order valence-electron chi connectivity index (χ2n) is 8.66. The number of aromatic nitrogens is 2. The van der Waals surface area contributed by atoms with Crippen LogP contribution in [0.3, 0.4) is 0 Å². The van der Waals surface area contributed by atoms with E-state index in [4.69, 9.17) is 14.5 Å². The lowest BCUT2D eigenvalue weighted by molar-refractivity contribution is -0.123. The fraction of sp³-hybridized carbons (Fsp3) is 0.481. The van der Waals surface area contributed by atoms with Crippen LogP contribution in [0.5, 0.6) is 11.5 Å². The second-order valence-corrected chi connectivity index (χ2v) is 8.66. The number of para-hydroxylation sites is 2. The monoisotopic (exact) mass is 451 g/mol. The summed E-state index contributed by atoms with van der Waals surface area (Å²) in [5.41, 5.74) is 2.26. The average molecular weight is 452 g/mol. The summed E-state index contributed by atoms with van der Waals surface area (Å²) in [4.78, 5) is 16.6. The van der Waals surface area contributed by atoms with Crippen LogP contribution in [0.4, 0.5) is 0 Å². The number of hydrogen-bond donors (Lipinski definition) is 1. The van der Waals surface area contributed by atoms with Gasteiger partial charge in [0.05, 0.1) is 24.8 Å². The van der Waals surface area contributed by atoms with Crippen molar-refractivity contribution in [3.8, 4) is 11.5 Å². The Balaban J connectivity index is 1.46. The number of carbonyl (C=O) groups is 1. The van der Waals surface area contributed by atoms with Crippen LogP contribution in [0.2, 0.25) is 0 Å². The quantitative estimate of drug-likeness (QED) is 0.334. The van der Waals surface area contributed by atoms with E-state index in [2.05, 4.69) is 28.1 Å². The lowest BCUT2D eigenvalue weighted by Crippen LogP contribution is -2.28. The van der Waals surface area contributed by atoms with Crippen molar-refractivity contribution in [1.82, 2.24) is 14.9 Å². The number of rotatable bonds is 14. The van der Waals surface area contributed by atoms with Gasteiger partial charge in [-0.1, -0.05) is 38.5 Å². The van der Waals surface area contributed by atoms with Gasteiger partial charge in [0.25, 0.3) is 0 Å². The molecule has 0 atom stereocenters. The standard InChI is InChI=1S/C27H37N3O3/c1-21(2)27(31)28-17-8-4-5-16-26-29-24-14-6-7-15-25(24)30(26)18-9-10-19-33-23-13-11-12-22(20-23)32-3/h6-7,11-15,20-21H,4-5,8-10,16-19H2,1-3H3,(H,28,31). The largest absolute Gasteiger partial charge is 0.497 e. The minimum Gasteiger partial charge on any atom is -0.497 e. The van der Waals surface area contributed by atoms with E-state index < -0.39 is 0 Å². The lowest BCUT2D eigenvalue weighted by Gasteiger charge is -2.11. The van der Waals surface area contributed by atoms with Gasteiger partial charge in [-0.15, -0.1) is 0 Å². The minimum atomic E-state index is 0.0471. The minimum absolute atomic E-state index is 0.0471. The van der Waals surface area contributed by atoms with E-state index in [-0.39, 0.29) is 11.8 Å². The van der Waals surface area contributed by atoms with E-state index in [1.807, 2.05) is 44.2 Å². The number of imidazole rings is 1. The summed E-state index contributed by atoms with van der Waals surface area (Å²) in [5.74, 6) is 2.98. The number of nitrogens with zero attached hydrogens (tertiary/aromatic N) is 2. The van der Waals surface area contributed by atoms with E-state index in [1.165, 1.54) is 5.52 Å². The molecule has 0 aliphatic carbocycles. The molecule has 0 unspecified atom stereocenters. The molecule has 0 fully saturated rings. The van der Waals surface area contributed by atoms with Crippen LogP contribution in [0.25, 0.3) is 11.0 Å². The molecule has 3 rings (SSSR count). The molecule has 0 saturated heterocycles. The number of unbranched alkanes of at least 4 members (excludes halogenated alkanes) is 3. The predicted molar refractivity (Wildman–Crippen MR) is 133 cm³/mol. The van der Waals surface area contributed by atoms with Gasteiger partial charge in [0.2, 0.25) is 5.91 Å². The molecule has 1 aromatic heterocycles. The van der Waals surface area contributed by atoms with Gasteiger partial charge in [-0.2, -0.15) is 0 Å². The van der Waals surface area contributed by atoms with E-state index in [9.17, 15) is 4.79 Å². The Hall–Kier alpha value is -3.02.